The maximum Gasteiger partial charge on any atom is 0.118 e. The minimum atomic E-state index is 0.567. The Morgan fingerprint density at radius 1 is 1.18 bits per heavy atom. The Morgan fingerprint density at radius 2 is 1.95 bits per heavy atom. The first-order valence-corrected chi connectivity index (χ1v) is 8.04. The lowest BCUT2D eigenvalue weighted by atomic mass is 10.1. The molecule has 0 aliphatic carbocycles. The quantitative estimate of drug-likeness (QED) is 0.708. The van der Waals surface area contributed by atoms with Crippen molar-refractivity contribution in [1.82, 2.24) is 4.98 Å². The van der Waals surface area contributed by atoms with E-state index in [1.54, 1.807) is 24.5 Å². The molecule has 0 radical (unpaired) electrons. The Hall–Kier alpha value is -2.04. The summed E-state index contributed by atoms with van der Waals surface area (Å²) in [6.45, 7) is 0. The predicted octanol–water partition coefficient (Wildman–Crippen LogP) is 4.65. The van der Waals surface area contributed by atoms with Crippen molar-refractivity contribution in [3.63, 3.8) is 0 Å². The Morgan fingerprint density at radius 3 is 2.64 bits per heavy atom. The number of nitrogens with two attached hydrogens (primary N) is 1. The molecule has 0 saturated carbocycles. The van der Waals surface area contributed by atoms with Crippen LogP contribution in [0.15, 0.2) is 47.8 Å². The number of halogens is 1. The fraction of sp³-hybridized carbons (Fsp3) is 0.118. The molecule has 3 rings (SSSR count). The van der Waals surface area contributed by atoms with Crippen molar-refractivity contribution in [2.24, 2.45) is 0 Å². The van der Waals surface area contributed by atoms with Gasteiger partial charge in [-0.2, -0.15) is 0 Å². The van der Waals surface area contributed by atoms with Crippen molar-refractivity contribution in [2.75, 3.05) is 12.8 Å². The van der Waals surface area contributed by atoms with Crippen molar-refractivity contribution in [2.45, 2.75) is 6.42 Å². The maximum atomic E-state index is 5.95. The second-order valence-corrected chi connectivity index (χ2v) is 6.24. The van der Waals surface area contributed by atoms with Gasteiger partial charge in [0.15, 0.2) is 0 Å². The third kappa shape index (κ3) is 3.24. The second-order valence-electron chi connectivity index (χ2n) is 4.89. The first-order chi connectivity index (χ1) is 10.7. The van der Waals surface area contributed by atoms with E-state index in [1.807, 2.05) is 29.6 Å². The van der Waals surface area contributed by atoms with Crippen LogP contribution in [-0.4, -0.2) is 12.1 Å². The molecular weight excluding hydrogens is 316 g/mol. The molecule has 3 nitrogen and oxygen atoms in total. The van der Waals surface area contributed by atoms with Crippen molar-refractivity contribution < 1.29 is 4.74 Å². The standard InChI is InChI=1S/C17H15ClN2OS/c1-21-13-5-2-11(3-6-13)8-17-20-16(10-22-17)12-4-7-14(18)15(19)9-12/h2-7,9-10H,8,19H2,1H3. The molecule has 22 heavy (non-hydrogen) atoms. The highest BCUT2D eigenvalue weighted by Gasteiger charge is 2.07. The molecule has 0 bridgehead atoms. The molecule has 0 amide bonds. The number of aromatic nitrogens is 1. The summed E-state index contributed by atoms with van der Waals surface area (Å²) in [5.41, 5.74) is 9.54. The molecule has 5 heteroatoms. The van der Waals surface area contributed by atoms with Crippen molar-refractivity contribution in [3.8, 4) is 17.0 Å². The van der Waals surface area contributed by atoms with Gasteiger partial charge in [0.25, 0.3) is 0 Å². The average molecular weight is 331 g/mol. The molecule has 2 aromatic carbocycles. The van der Waals surface area contributed by atoms with Gasteiger partial charge in [0.2, 0.25) is 0 Å². The molecule has 1 heterocycles. The Kier molecular flexibility index (Phi) is 4.32. The minimum Gasteiger partial charge on any atom is -0.497 e. The van der Waals surface area contributed by atoms with E-state index in [4.69, 9.17) is 22.1 Å². The highest BCUT2D eigenvalue weighted by molar-refractivity contribution is 7.10. The fourth-order valence-corrected chi connectivity index (χ4v) is 3.10. The summed E-state index contributed by atoms with van der Waals surface area (Å²) < 4.78 is 5.17. The van der Waals surface area contributed by atoms with Crippen molar-refractivity contribution in [1.29, 1.82) is 0 Å². The van der Waals surface area contributed by atoms with Crippen LogP contribution in [0.25, 0.3) is 11.3 Å². The maximum absolute atomic E-state index is 5.95. The Bertz CT molecular complexity index is 784. The van der Waals surface area contributed by atoms with E-state index in [1.165, 1.54) is 5.56 Å². The molecule has 0 spiro atoms. The van der Waals surface area contributed by atoms with Gasteiger partial charge < -0.3 is 10.5 Å². The van der Waals surface area contributed by atoms with Crippen LogP contribution >= 0.6 is 22.9 Å². The number of benzene rings is 2. The highest BCUT2D eigenvalue weighted by atomic mass is 35.5. The first-order valence-electron chi connectivity index (χ1n) is 6.78. The normalized spacial score (nSPS) is 10.6. The van der Waals surface area contributed by atoms with Gasteiger partial charge in [-0.25, -0.2) is 4.98 Å². The summed E-state index contributed by atoms with van der Waals surface area (Å²) in [4.78, 5) is 4.68. The zero-order chi connectivity index (χ0) is 15.5. The van der Waals surface area contributed by atoms with E-state index >= 15 is 0 Å². The van der Waals surface area contributed by atoms with Gasteiger partial charge in [-0.3, -0.25) is 0 Å². The van der Waals surface area contributed by atoms with Crippen LogP contribution in [0.4, 0.5) is 5.69 Å². The van der Waals surface area contributed by atoms with Crippen LogP contribution < -0.4 is 10.5 Å². The summed E-state index contributed by atoms with van der Waals surface area (Å²) in [6, 6.07) is 13.6. The lowest BCUT2D eigenvalue weighted by Gasteiger charge is -2.02. The van der Waals surface area contributed by atoms with Gasteiger partial charge in [0.05, 0.1) is 28.5 Å². The van der Waals surface area contributed by atoms with Crippen LogP contribution in [0.3, 0.4) is 0 Å². The minimum absolute atomic E-state index is 0.567. The summed E-state index contributed by atoms with van der Waals surface area (Å²) in [5.74, 6) is 0.861. The Balaban J connectivity index is 1.79. The Labute approximate surface area is 138 Å². The lowest BCUT2D eigenvalue weighted by molar-refractivity contribution is 0.414. The molecule has 112 valence electrons. The van der Waals surface area contributed by atoms with Crippen LogP contribution in [0.5, 0.6) is 5.75 Å². The zero-order valence-corrected chi connectivity index (χ0v) is 13.6. The fourth-order valence-electron chi connectivity index (χ4n) is 2.15. The largest absolute Gasteiger partial charge is 0.497 e. The van der Waals surface area contributed by atoms with Gasteiger partial charge >= 0.3 is 0 Å². The molecule has 1 aromatic heterocycles. The lowest BCUT2D eigenvalue weighted by Crippen LogP contribution is -1.90. The second kappa shape index (κ2) is 6.38. The summed E-state index contributed by atoms with van der Waals surface area (Å²) in [7, 11) is 1.67. The van der Waals surface area contributed by atoms with Crippen LogP contribution in [0.2, 0.25) is 5.02 Å². The number of hydrogen-bond acceptors (Lipinski definition) is 4. The molecule has 0 unspecified atom stereocenters. The molecule has 0 aliphatic heterocycles. The van der Waals surface area contributed by atoms with E-state index in [2.05, 4.69) is 17.1 Å². The molecule has 2 N–H and O–H groups in total. The van der Waals surface area contributed by atoms with E-state index in [-0.39, 0.29) is 0 Å². The van der Waals surface area contributed by atoms with Gasteiger partial charge in [-0.15, -0.1) is 11.3 Å². The molecule has 3 aromatic rings. The van der Waals surface area contributed by atoms with Crippen LogP contribution in [0, 0.1) is 0 Å². The van der Waals surface area contributed by atoms with Gasteiger partial charge in [0.1, 0.15) is 5.75 Å². The third-order valence-electron chi connectivity index (χ3n) is 3.36. The van der Waals surface area contributed by atoms with E-state index in [0.717, 1.165) is 28.4 Å². The number of thiazole rings is 1. The van der Waals surface area contributed by atoms with E-state index in [0.29, 0.717) is 10.7 Å². The number of anilines is 1. The SMILES string of the molecule is COc1ccc(Cc2nc(-c3ccc(Cl)c(N)c3)cs2)cc1. The van der Waals surface area contributed by atoms with Crippen molar-refractivity contribution >= 4 is 28.6 Å². The number of nitrogen functional groups attached to an aromatic ring is 1. The summed E-state index contributed by atoms with van der Waals surface area (Å²) in [5, 5.41) is 3.67. The van der Waals surface area contributed by atoms with E-state index in [9.17, 15) is 0 Å². The van der Waals surface area contributed by atoms with Gasteiger partial charge in [-0.1, -0.05) is 29.8 Å². The van der Waals surface area contributed by atoms with Crippen LogP contribution in [0.1, 0.15) is 10.6 Å². The average Bonchev–Trinajstić information content (AvgIpc) is 2.99. The van der Waals surface area contributed by atoms with Gasteiger partial charge in [0, 0.05) is 17.4 Å². The van der Waals surface area contributed by atoms with Crippen LogP contribution in [-0.2, 0) is 6.42 Å². The highest BCUT2D eigenvalue weighted by Crippen LogP contribution is 2.28. The number of nitrogens with zero attached hydrogens (tertiary/aromatic N) is 1. The zero-order valence-electron chi connectivity index (χ0n) is 12.0. The molecular formula is C17H15ClN2OS. The van der Waals surface area contributed by atoms with Gasteiger partial charge in [-0.05, 0) is 29.8 Å². The first kappa shape index (κ1) is 14.9. The summed E-state index contributed by atoms with van der Waals surface area (Å²) >= 11 is 7.60. The van der Waals surface area contributed by atoms with E-state index < -0.39 is 0 Å². The van der Waals surface area contributed by atoms with Crippen molar-refractivity contribution in [3.05, 3.63) is 63.4 Å². The summed E-state index contributed by atoms with van der Waals surface area (Å²) in [6.07, 6.45) is 0.803. The number of ether oxygens (including phenoxy) is 1. The topological polar surface area (TPSA) is 48.1 Å². The predicted molar refractivity (Wildman–Crippen MR) is 92.8 cm³/mol. The molecule has 0 atom stereocenters. The molecule has 0 saturated heterocycles. The molecule has 0 aliphatic rings. The third-order valence-corrected chi connectivity index (χ3v) is 4.55. The number of rotatable bonds is 4. The number of methoxy groups -OCH3 is 1. The molecule has 0 fully saturated rings. The monoisotopic (exact) mass is 330 g/mol. The number of hydrogen-bond donors (Lipinski definition) is 1. The smallest absolute Gasteiger partial charge is 0.118 e.